The number of rotatable bonds is 4. The van der Waals surface area contributed by atoms with Crippen molar-refractivity contribution in [1.82, 2.24) is 9.19 Å². The van der Waals surface area contributed by atoms with E-state index >= 15 is 0 Å². The van der Waals surface area contributed by atoms with E-state index < -0.39 is 33.2 Å². The quantitative estimate of drug-likeness (QED) is 0.406. The van der Waals surface area contributed by atoms with Crippen LogP contribution < -0.4 is 5.32 Å². The van der Waals surface area contributed by atoms with Crippen LogP contribution in [-0.4, -0.2) is 23.5 Å². The molecular formula is C22H15ClF3N3O3S. The van der Waals surface area contributed by atoms with E-state index in [-0.39, 0.29) is 21.1 Å². The summed E-state index contributed by atoms with van der Waals surface area (Å²) in [6.45, 7) is 1.75. The van der Waals surface area contributed by atoms with Gasteiger partial charge >= 0.3 is 6.18 Å². The molecule has 1 N–H and O–H groups in total. The van der Waals surface area contributed by atoms with E-state index in [1.807, 2.05) is 0 Å². The Morgan fingerprint density at radius 2 is 1.79 bits per heavy atom. The summed E-state index contributed by atoms with van der Waals surface area (Å²) in [6, 6.07) is 13.5. The number of halogens is 4. The molecule has 1 amide bonds. The number of benzene rings is 3. The Bertz CT molecular complexity index is 1500. The molecule has 11 heteroatoms. The molecular weight excluding hydrogens is 479 g/mol. The van der Waals surface area contributed by atoms with E-state index in [1.165, 1.54) is 42.6 Å². The average Bonchev–Trinajstić information content (AvgIpc) is 3.17. The monoisotopic (exact) mass is 493 g/mol. The van der Waals surface area contributed by atoms with Crippen LogP contribution in [0.1, 0.15) is 21.5 Å². The molecule has 4 aromatic rings. The molecule has 3 aromatic carbocycles. The molecule has 0 aliphatic carbocycles. The van der Waals surface area contributed by atoms with E-state index in [2.05, 4.69) is 10.4 Å². The highest BCUT2D eigenvalue weighted by Gasteiger charge is 2.36. The van der Waals surface area contributed by atoms with Crippen molar-refractivity contribution in [2.75, 3.05) is 5.32 Å². The lowest BCUT2D eigenvalue weighted by atomic mass is 10.1. The molecule has 6 nitrogen and oxygen atoms in total. The number of hydrogen-bond donors (Lipinski definition) is 1. The highest BCUT2D eigenvalue weighted by atomic mass is 35.5. The van der Waals surface area contributed by atoms with Crippen LogP contribution in [0.15, 0.2) is 71.8 Å². The fraction of sp³-hybridized carbons (Fsp3) is 0.0909. The van der Waals surface area contributed by atoms with E-state index in [1.54, 1.807) is 19.1 Å². The van der Waals surface area contributed by atoms with Crippen molar-refractivity contribution in [3.8, 4) is 0 Å². The number of alkyl halides is 3. The van der Waals surface area contributed by atoms with Gasteiger partial charge in [-0.2, -0.15) is 30.8 Å². The molecule has 0 spiro atoms. The number of carbonyl (C=O) groups excluding carboxylic acids is 1. The van der Waals surface area contributed by atoms with E-state index in [4.69, 9.17) is 11.6 Å². The third-order valence-electron chi connectivity index (χ3n) is 4.86. The Hall–Kier alpha value is -3.37. The van der Waals surface area contributed by atoms with Crippen molar-refractivity contribution in [2.24, 2.45) is 0 Å². The number of anilines is 1. The molecule has 0 fully saturated rings. The van der Waals surface area contributed by atoms with E-state index in [0.29, 0.717) is 5.39 Å². The second kappa shape index (κ2) is 8.20. The fourth-order valence-electron chi connectivity index (χ4n) is 3.33. The Balaban J connectivity index is 1.75. The van der Waals surface area contributed by atoms with Gasteiger partial charge in [-0.25, -0.2) is 0 Å². The van der Waals surface area contributed by atoms with Gasteiger partial charge in [0.15, 0.2) is 0 Å². The number of nitrogens with one attached hydrogen (secondary N) is 1. The normalized spacial score (nSPS) is 12.2. The number of amides is 1. The SMILES string of the molecule is Cc1cccc(S(=O)(=O)n2ncc3ccc(NC(=O)c4c(Cl)cccc4C(F)(F)F)cc32)c1. The van der Waals surface area contributed by atoms with Crippen LogP contribution in [0.2, 0.25) is 5.02 Å². The number of fused-ring (bicyclic) bond motifs is 1. The summed E-state index contributed by atoms with van der Waals surface area (Å²) in [5.41, 5.74) is -0.958. The Morgan fingerprint density at radius 3 is 2.48 bits per heavy atom. The molecule has 0 saturated heterocycles. The standard InChI is InChI=1S/C22H15ClF3N3O3S/c1-13-4-2-5-16(10-13)33(31,32)29-19-11-15(9-8-14(19)12-27-29)28-21(30)20-17(22(24,25)26)6-3-7-18(20)23/h2-12H,1H3,(H,28,30). The van der Waals surface area contributed by atoms with Gasteiger partial charge in [-0.15, -0.1) is 0 Å². The van der Waals surface area contributed by atoms with Gasteiger partial charge < -0.3 is 5.32 Å². The number of aromatic nitrogens is 2. The molecule has 33 heavy (non-hydrogen) atoms. The van der Waals surface area contributed by atoms with Gasteiger partial charge in [-0.3, -0.25) is 4.79 Å². The lowest BCUT2D eigenvalue weighted by Gasteiger charge is -2.14. The summed E-state index contributed by atoms with van der Waals surface area (Å²) in [5.74, 6) is -1.08. The maximum Gasteiger partial charge on any atom is 0.417 e. The maximum absolute atomic E-state index is 13.4. The number of carbonyl (C=O) groups is 1. The molecule has 0 radical (unpaired) electrons. The zero-order chi connectivity index (χ0) is 24.0. The fourth-order valence-corrected chi connectivity index (χ4v) is 4.96. The van der Waals surface area contributed by atoms with Crippen LogP contribution >= 0.6 is 11.6 Å². The third kappa shape index (κ3) is 4.31. The summed E-state index contributed by atoms with van der Waals surface area (Å²) in [4.78, 5) is 12.7. The predicted molar refractivity (Wildman–Crippen MR) is 118 cm³/mol. The van der Waals surface area contributed by atoms with E-state index in [9.17, 15) is 26.4 Å². The van der Waals surface area contributed by atoms with Crippen molar-refractivity contribution in [2.45, 2.75) is 18.0 Å². The van der Waals surface area contributed by atoms with Crippen LogP contribution in [0.5, 0.6) is 0 Å². The molecule has 0 atom stereocenters. The highest BCUT2D eigenvalue weighted by molar-refractivity contribution is 7.90. The lowest BCUT2D eigenvalue weighted by Crippen LogP contribution is -2.19. The van der Waals surface area contributed by atoms with Gasteiger partial charge in [0.2, 0.25) is 0 Å². The first-order valence-electron chi connectivity index (χ1n) is 9.45. The molecule has 170 valence electrons. The van der Waals surface area contributed by atoms with E-state index in [0.717, 1.165) is 21.8 Å². The smallest absolute Gasteiger partial charge is 0.322 e. The Morgan fingerprint density at radius 1 is 1.06 bits per heavy atom. The van der Waals surface area contributed by atoms with Crippen molar-refractivity contribution in [3.05, 3.63) is 88.6 Å². The largest absolute Gasteiger partial charge is 0.417 e. The number of nitrogens with zero attached hydrogens (tertiary/aromatic N) is 2. The summed E-state index contributed by atoms with van der Waals surface area (Å²) in [6.07, 6.45) is -3.45. The van der Waals surface area contributed by atoms with Crippen LogP contribution in [0, 0.1) is 6.92 Å². The average molecular weight is 494 g/mol. The van der Waals surface area contributed by atoms with Crippen LogP contribution in [-0.2, 0) is 16.2 Å². The summed E-state index contributed by atoms with van der Waals surface area (Å²) in [5, 5.41) is 6.41. The third-order valence-corrected chi connectivity index (χ3v) is 6.77. The maximum atomic E-state index is 13.4. The zero-order valence-electron chi connectivity index (χ0n) is 16.9. The molecule has 4 rings (SSSR count). The zero-order valence-corrected chi connectivity index (χ0v) is 18.5. The second-order valence-electron chi connectivity index (χ2n) is 7.20. The van der Waals surface area contributed by atoms with Crippen LogP contribution in [0.4, 0.5) is 18.9 Å². The Kier molecular flexibility index (Phi) is 5.67. The van der Waals surface area contributed by atoms with Gasteiger partial charge in [0.1, 0.15) is 0 Å². The van der Waals surface area contributed by atoms with Gasteiger partial charge in [0, 0.05) is 11.1 Å². The predicted octanol–water partition coefficient (Wildman–Crippen LogP) is 5.51. The number of hydrogen-bond acceptors (Lipinski definition) is 4. The van der Waals surface area contributed by atoms with Crippen molar-refractivity contribution in [1.29, 1.82) is 0 Å². The van der Waals surface area contributed by atoms with Crippen molar-refractivity contribution >= 4 is 44.1 Å². The minimum atomic E-state index is -4.79. The topological polar surface area (TPSA) is 81.1 Å². The molecule has 0 bridgehead atoms. The van der Waals surface area contributed by atoms with Gasteiger partial charge in [0.25, 0.3) is 15.9 Å². The second-order valence-corrected chi connectivity index (χ2v) is 9.37. The number of aryl methyl sites for hydroxylation is 1. The minimum absolute atomic E-state index is 0.0211. The molecule has 1 heterocycles. The van der Waals surface area contributed by atoms with Gasteiger partial charge in [0.05, 0.1) is 32.8 Å². The summed E-state index contributed by atoms with van der Waals surface area (Å²) >= 11 is 5.89. The first kappa shape index (κ1) is 22.8. The van der Waals surface area contributed by atoms with Gasteiger partial charge in [-0.1, -0.05) is 29.8 Å². The minimum Gasteiger partial charge on any atom is -0.322 e. The van der Waals surface area contributed by atoms with Crippen molar-refractivity contribution < 1.29 is 26.4 Å². The molecule has 0 aliphatic heterocycles. The van der Waals surface area contributed by atoms with Crippen LogP contribution in [0.25, 0.3) is 10.9 Å². The molecule has 0 aliphatic rings. The first-order chi connectivity index (χ1) is 15.5. The Labute approximate surface area is 191 Å². The first-order valence-corrected chi connectivity index (χ1v) is 11.3. The van der Waals surface area contributed by atoms with Gasteiger partial charge in [-0.05, 0) is 55.0 Å². The van der Waals surface area contributed by atoms with Crippen LogP contribution in [0.3, 0.4) is 0 Å². The summed E-state index contributed by atoms with van der Waals surface area (Å²) in [7, 11) is -4.05. The molecule has 0 saturated carbocycles. The highest BCUT2D eigenvalue weighted by Crippen LogP contribution is 2.35. The molecule has 0 unspecified atom stereocenters. The summed E-state index contributed by atoms with van der Waals surface area (Å²) < 4.78 is 67.0. The van der Waals surface area contributed by atoms with Crippen molar-refractivity contribution in [3.63, 3.8) is 0 Å². The molecule has 1 aromatic heterocycles. The lowest BCUT2D eigenvalue weighted by molar-refractivity contribution is -0.137.